The molecule has 5 heteroatoms. The molecule has 2 aromatic rings. The smallest absolute Gasteiger partial charge is 0.331 e. The number of ether oxygens (including phenoxy) is 3. The van der Waals surface area contributed by atoms with Crippen LogP contribution in [-0.2, 0) is 16.1 Å². The largest absolute Gasteiger partial charge is 0.493 e. The fraction of sp³-hybridized carbons (Fsp3) is 0.150. The van der Waals surface area contributed by atoms with Crippen molar-refractivity contribution >= 4 is 12.0 Å². The number of esters is 1. The van der Waals surface area contributed by atoms with Crippen LogP contribution in [0, 0.1) is 5.82 Å². The van der Waals surface area contributed by atoms with Gasteiger partial charge in [-0.1, -0.05) is 30.9 Å². The number of benzene rings is 2. The first kappa shape index (κ1) is 18.3. The molecule has 0 aliphatic rings. The standard InChI is InChI=1S/C20H19FO4/c1-3-11-24-20(22)10-8-15-7-9-18(19(13-15)23-2)25-14-16-5-4-6-17(21)12-16/h3-10,12-13H,1,11,14H2,2H3/b10-8+. The van der Waals surface area contributed by atoms with E-state index < -0.39 is 5.97 Å². The highest BCUT2D eigenvalue weighted by Crippen LogP contribution is 2.29. The summed E-state index contributed by atoms with van der Waals surface area (Å²) < 4.78 is 29.0. The molecule has 0 fully saturated rings. The molecule has 2 rings (SSSR count). The van der Waals surface area contributed by atoms with Gasteiger partial charge in [-0.3, -0.25) is 0 Å². The predicted molar refractivity (Wildman–Crippen MR) is 93.9 cm³/mol. The Bertz CT molecular complexity index is 768. The van der Waals surface area contributed by atoms with Crippen LogP contribution in [0.25, 0.3) is 6.08 Å². The quantitative estimate of drug-likeness (QED) is 0.411. The Kier molecular flexibility index (Phi) is 6.77. The van der Waals surface area contributed by atoms with Crippen molar-refractivity contribution in [3.63, 3.8) is 0 Å². The van der Waals surface area contributed by atoms with E-state index in [1.54, 1.807) is 36.4 Å². The van der Waals surface area contributed by atoms with Gasteiger partial charge in [-0.05, 0) is 41.5 Å². The predicted octanol–water partition coefficient (Wildman–Crippen LogP) is 4.16. The molecule has 25 heavy (non-hydrogen) atoms. The second-order valence-electron chi connectivity index (χ2n) is 5.08. The zero-order chi connectivity index (χ0) is 18.1. The van der Waals surface area contributed by atoms with E-state index in [0.717, 1.165) is 11.1 Å². The number of rotatable bonds is 8. The highest BCUT2D eigenvalue weighted by molar-refractivity contribution is 5.87. The molecular formula is C20H19FO4. The highest BCUT2D eigenvalue weighted by atomic mass is 19.1. The summed E-state index contributed by atoms with van der Waals surface area (Å²) in [6.07, 6.45) is 4.44. The highest BCUT2D eigenvalue weighted by Gasteiger charge is 2.06. The molecule has 0 spiro atoms. The van der Waals surface area contributed by atoms with E-state index in [-0.39, 0.29) is 19.0 Å². The van der Waals surface area contributed by atoms with Crippen LogP contribution in [0.3, 0.4) is 0 Å². The third kappa shape index (κ3) is 5.80. The molecule has 0 N–H and O–H groups in total. The van der Waals surface area contributed by atoms with Gasteiger partial charge < -0.3 is 14.2 Å². The summed E-state index contributed by atoms with van der Waals surface area (Å²) in [6.45, 7) is 3.86. The third-order valence-corrected chi connectivity index (χ3v) is 3.23. The van der Waals surface area contributed by atoms with Crippen LogP contribution in [0.4, 0.5) is 4.39 Å². The fourth-order valence-electron chi connectivity index (χ4n) is 2.05. The minimum absolute atomic E-state index is 0.166. The maximum atomic E-state index is 13.2. The zero-order valence-electron chi connectivity index (χ0n) is 13.9. The fourth-order valence-corrected chi connectivity index (χ4v) is 2.05. The Morgan fingerprint density at radius 1 is 1.20 bits per heavy atom. The second kappa shape index (κ2) is 9.27. The van der Waals surface area contributed by atoms with Gasteiger partial charge in [0.25, 0.3) is 0 Å². The monoisotopic (exact) mass is 342 g/mol. The molecule has 0 saturated heterocycles. The minimum atomic E-state index is -0.453. The Balaban J connectivity index is 2.04. The first-order chi connectivity index (χ1) is 12.1. The van der Waals surface area contributed by atoms with Gasteiger partial charge >= 0.3 is 5.97 Å². The molecule has 0 bridgehead atoms. The topological polar surface area (TPSA) is 44.8 Å². The molecule has 0 unspecified atom stereocenters. The summed E-state index contributed by atoms with van der Waals surface area (Å²) in [5.41, 5.74) is 1.47. The van der Waals surface area contributed by atoms with Crippen molar-refractivity contribution in [3.8, 4) is 11.5 Å². The molecule has 0 saturated carbocycles. The summed E-state index contributed by atoms with van der Waals surface area (Å²) in [6, 6.07) is 11.4. The van der Waals surface area contributed by atoms with Crippen molar-refractivity contribution in [2.24, 2.45) is 0 Å². The zero-order valence-corrected chi connectivity index (χ0v) is 13.9. The number of carbonyl (C=O) groups is 1. The van der Waals surface area contributed by atoms with Gasteiger partial charge in [0, 0.05) is 6.08 Å². The number of methoxy groups -OCH3 is 1. The van der Waals surface area contributed by atoms with E-state index in [0.29, 0.717) is 11.5 Å². The number of hydrogen-bond acceptors (Lipinski definition) is 4. The lowest BCUT2D eigenvalue weighted by Gasteiger charge is -2.11. The normalized spacial score (nSPS) is 10.5. The molecule has 0 radical (unpaired) electrons. The van der Waals surface area contributed by atoms with E-state index in [2.05, 4.69) is 6.58 Å². The lowest BCUT2D eigenvalue weighted by atomic mass is 10.2. The second-order valence-corrected chi connectivity index (χ2v) is 5.08. The van der Waals surface area contributed by atoms with Gasteiger partial charge in [0.15, 0.2) is 11.5 Å². The van der Waals surface area contributed by atoms with Crippen molar-refractivity contribution < 1.29 is 23.4 Å². The molecular weight excluding hydrogens is 323 g/mol. The van der Waals surface area contributed by atoms with Crippen LogP contribution in [0.15, 0.2) is 61.2 Å². The Labute approximate surface area is 146 Å². The van der Waals surface area contributed by atoms with E-state index >= 15 is 0 Å². The molecule has 4 nitrogen and oxygen atoms in total. The van der Waals surface area contributed by atoms with Crippen LogP contribution in [0.2, 0.25) is 0 Å². The van der Waals surface area contributed by atoms with Crippen molar-refractivity contribution in [2.75, 3.05) is 13.7 Å². The molecule has 0 aliphatic heterocycles. The first-order valence-electron chi connectivity index (χ1n) is 7.63. The van der Waals surface area contributed by atoms with Gasteiger partial charge in [-0.25, -0.2) is 9.18 Å². The summed E-state index contributed by atoms with van der Waals surface area (Å²) in [5, 5.41) is 0. The molecule has 0 aromatic heterocycles. The summed E-state index contributed by atoms with van der Waals surface area (Å²) in [4.78, 5) is 11.4. The lowest BCUT2D eigenvalue weighted by Crippen LogP contribution is -2.00. The summed E-state index contributed by atoms with van der Waals surface area (Å²) >= 11 is 0. The molecule has 0 aliphatic carbocycles. The Hall–Kier alpha value is -3.08. The van der Waals surface area contributed by atoms with Gasteiger partial charge in [-0.2, -0.15) is 0 Å². The van der Waals surface area contributed by atoms with Crippen molar-refractivity contribution in [1.29, 1.82) is 0 Å². The van der Waals surface area contributed by atoms with Gasteiger partial charge in [0.1, 0.15) is 19.0 Å². The SMILES string of the molecule is C=CCOC(=O)/C=C/c1ccc(OCc2cccc(F)c2)c(OC)c1. The van der Waals surface area contributed by atoms with Crippen LogP contribution < -0.4 is 9.47 Å². The van der Waals surface area contributed by atoms with Gasteiger partial charge in [0.2, 0.25) is 0 Å². The van der Waals surface area contributed by atoms with E-state index in [4.69, 9.17) is 14.2 Å². The van der Waals surface area contributed by atoms with Gasteiger partial charge in [-0.15, -0.1) is 0 Å². The number of hydrogen-bond donors (Lipinski definition) is 0. The molecule has 0 amide bonds. The van der Waals surface area contributed by atoms with Crippen LogP contribution >= 0.6 is 0 Å². The molecule has 2 aromatic carbocycles. The average Bonchev–Trinajstić information content (AvgIpc) is 2.63. The molecule has 130 valence electrons. The van der Waals surface area contributed by atoms with Crippen molar-refractivity contribution in [2.45, 2.75) is 6.61 Å². The number of halogens is 1. The lowest BCUT2D eigenvalue weighted by molar-refractivity contribution is -0.136. The summed E-state index contributed by atoms with van der Waals surface area (Å²) in [5.74, 6) is 0.276. The van der Waals surface area contributed by atoms with Crippen LogP contribution in [0.1, 0.15) is 11.1 Å². The maximum Gasteiger partial charge on any atom is 0.331 e. The van der Waals surface area contributed by atoms with Crippen molar-refractivity contribution in [1.82, 2.24) is 0 Å². The van der Waals surface area contributed by atoms with Crippen LogP contribution in [0.5, 0.6) is 11.5 Å². The van der Waals surface area contributed by atoms with E-state index in [9.17, 15) is 9.18 Å². The Morgan fingerprint density at radius 2 is 2.04 bits per heavy atom. The minimum Gasteiger partial charge on any atom is -0.493 e. The summed E-state index contributed by atoms with van der Waals surface area (Å²) in [7, 11) is 1.52. The average molecular weight is 342 g/mol. The molecule has 0 heterocycles. The van der Waals surface area contributed by atoms with E-state index in [1.807, 2.05) is 0 Å². The molecule has 0 atom stereocenters. The van der Waals surface area contributed by atoms with Crippen LogP contribution in [-0.4, -0.2) is 19.7 Å². The first-order valence-corrected chi connectivity index (χ1v) is 7.63. The van der Waals surface area contributed by atoms with E-state index in [1.165, 1.54) is 31.4 Å². The maximum absolute atomic E-state index is 13.2. The Morgan fingerprint density at radius 3 is 2.76 bits per heavy atom. The van der Waals surface area contributed by atoms with Gasteiger partial charge in [0.05, 0.1) is 7.11 Å². The van der Waals surface area contributed by atoms with Crippen molar-refractivity contribution in [3.05, 3.63) is 78.1 Å². The third-order valence-electron chi connectivity index (χ3n) is 3.23. The number of carbonyl (C=O) groups excluding carboxylic acids is 1.